The van der Waals surface area contributed by atoms with Gasteiger partial charge in [-0.1, -0.05) is 0 Å². The number of aromatic nitrogens is 2. The predicted octanol–water partition coefficient (Wildman–Crippen LogP) is 1.58. The summed E-state index contributed by atoms with van der Waals surface area (Å²) in [5.41, 5.74) is -0.164. The van der Waals surface area contributed by atoms with Crippen LogP contribution in [0, 0.1) is 5.41 Å². The monoisotopic (exact) mass is 279 g/mol. The fraction of sp³-hybridized carbons (Fsp3) is 0. The number of carbonyl (C=O) groups excluding carboxylic acids is 2. The number of aliphatic hydroxyl groups excluding tert-OH is 1. The van der Waals surface area contributed by atoms with E-state index in [4.69, 9.17) is 5.41 Å². The normalized spacial score (nSPS) is 14.1. The number of hydrogen-bond donors (Lipinski definition) is 2. The summed E-state index contributed by atoms with van der Waals surface area (Å²) in [7, 11) is 0. The fourth-order valence-corrected chi connectivity index (χ4v) is 2.13. The second kappa shape index (κ2) is 4.75. The number of hydrogen-bond acceptors (Lipinski definition) is 6. The van der Waals surface area contributed by atoms with Crippen LogP contribution >= 0.6 is 0 Å². The molecular weight excluding hydrogens is 270 g/mol. The molecule has 0 bridgehead atoms. The van der Waals surface area contributed by atoms with Crippen LogP contribution in [0.25, 0.3) is 5.76 Å². The van der Waals surface area contributed by atoms with Gasteiger partial charge in [0.05, 0.1) is 11.3 Å². The van der Waals surface area contributed by atoms with Crippen molar-refractivity contribution in [2.45, 2.75) is 0 Å². The van der Waals surface area contributed by atoms with Crippen molar-refractivity contribution in [3.05, 3.63) is 65.2 Å². The van der Waals surface area contributed by atoms with Crippen LogP contribution in [0.1, 0.15) is 21.6 Å². The van der Waals surface area contributed by atoms with E-state index in [9.17, 15) is 14.7 Å². The van der Waals surface area contributed by atoms with Crippen molar-refractivity contribution in [3.8, 4) is 0 Å². The second-order valence-electron chi connectivity index (χ2n) is 4.40. The molecule has 0 saturated carbocycles. The highest BCUT2D eigenvalue weighted by molar-refractivity contribution is 6.58. The predicted molar refractivity (Wildman–Crippen MR) is 74.2 cm³/mol. The summed E-state index contributed by atoms with van der Waals surface area (Å²) >= 11 is 0. The molecular formula is C15H9N3O3. The smallest absolute Gasteiger partial charge is 0.252 e. The summed E-state index contributed by atoms with van der Waals surface area (Å²) in [6, 6.07) is 6.21. The van der Waals surface area contributed by atoms with E-state index in [0.717, 1.165) is 0 Å². The Morgan fingerprint density at radius 1 is 1.10 bits per heavy atom. The van der Waals surface area contributed by atoms with Crippen LogP contribution < -0.4 is 0 Å². The van der Waals surface area contributed by atoms with E-state index in [-0.39, 0.29) is 22.5 Å². The van der Waals surface area contributed by atoms with Gasteiger partial charge < -0.3 is 5.11 Å². The molecule has 6 heteroatoms. The Morgan fingerprint density at radius 2 is 1.86 bits per heavy atom. The molecule has 6 nitrogen and oxygen atoms in total. The van der Waals surface area contributed by atoms with E-state index in [1.54, 1.807) is 18.2 Å². The Hall–Kier alpha value is -3.15. The van der Waals surface area contributed by atoms with Gasteiger partial charge in [0.15, 0.2) is 0 Å². The molecule has 0 unspecified atom stereocenters. The summed E-state index contributed by atoms with van der Waals surface area (Å²) in [5, 5.41) is 18.3. The maximum absolute atomic E-state index is 12.1. The minimum atomic E-state index is -0.937. The summed E-state index contributed by atoms with van der Waals surface area (Å²) in [5.74, 6) is -2.17. The van der Waals surface area contributed by atoms with Crippen LogP contribution in [-0.2, 0) is 4.79 Å². The minimum absolute atomic E-state index is 0.0947. The Morgan fingerprint density at radius 3 is 2.57 bits per heavy atom. The van der Waals surface area contributed by atoms with E-state index in [0.29, 0.717) is 5.56 Å². The van der Waals surface area contributed by atoms with Crippen molar-refractivity contribution in [1.82, 2.24) is 9.97 Å². The lowest BCUT2D eigenvalue weighted by Crippen LogP contribution is -2.29. The van der Waals surface area contributed by atoms with E-state index in [1.165, 1.54) is 24.7 Å². The molecule has 0 aromatic carbocycles. The van der Waals surface area contributed by atoms with Crippen molar-refractivity contribution in [3.63, 3.8) is 0 Å². The van der Waals surface area contributed by atoms with Crippen molar-refractivity contribution < 1.29 is 14.7 Å². The molecule has 0 radical (unpaired) electrons. The van der Waals surface area contributed by atoms with Gasteiger partial charge in [0.1, 0.15) is 11.5 Å². The molecule has 1 aliphatic carbocycles. The molecule has 0 aliphatic heterocycles. The molecule has 0 atom stereocenters. The number of allylic oxidation sites excluding steroid dienone is 1. The van der Waals surface area contributed by atoms with Crippen LogP contribution in [0.4, 0.5) is 0 Å². The van der Waals surface area contributed by atoms with Crippen molar-refractivity contribution in [1.29, 1.82) is 5.41 Å². The number of ketones is 2. The molecule has 21 heavy (non-hydrogen) atoms. The quantitative estimate of drug-likeness (QED) is 0.641. The highest BCUT2D eigenvalue weighted by Crippen LogP contribution is 2.28. The fourth-order valence-electron chi connectivity index (χ4n) is 2.13. The number of pyridine rings is 2. The third-order valence-electron chi connectivity index (χ3n) is 3.15. The van der Waals surface area contributed by atoms with Gasteiger partial charge in [-0.25, -0.2) is 0 Å². The molecule has 1 aliphatic rings. The number of carbonyl (C=O) groups is 2. The van der Waals surface area contributed by atoms with Gasteiger partial charge in [0, 0.05) is 29.7 Å². The summed E-state index contributed by atoms with van der Waals surface area (Å²) in [6.07, 6.45) is 4.28. The average Bonchev–Trinajstić information content (AvgIpc) is 2.53. The average molecular weight is 279 g/mol. The molecule has 2 heterocycles. The van der Waals surface area contributed by atoms with Crippen LogP contribution in [0.2, 0.25) is 0 Å². The number of Topliss-reactive ketones (excluding diaryl/α,β-unsaturated/α-hetero) is 2. The highest BCUT2D eigenvalue weighted by atomic mass is 16.3. The summed E-state index contributed by atoms with van der Waals surface area (Å²) < 4.78 is 0. The Labute approximate surface area is 119 Å². The standard InChI is InChI=1S/C15H9N3O3/c16-11(8-3-1-5-17-7-8)10-13(19)9-4-2-6-18-12(9)15(21)14(10)20/h1-7,16,19H. The number of nitrogens with zero attached hydrogens (tertiary/aromatic N) is 2. The zero-order valence-electron chi connectivity index (χ0n) is 10.7. The minimum Gasteiger partial charge on any atom is -0.506 e. The van der Waals surface area contributed by atoms with Crippen molar-refractivity contribution in [2.24, 2.45) is 0 Å². The molecule has 102 valence electrons. The zero-order valence-corrected chi connectivity index (χ0v) is 10.7. The molecule has 0 spiro atoms. The molecule has 3 rings (SSSR count). The topological polar surface area (TPSA) is 104 Å². The Kier molecular flexibility index (Phi) is 2.91. The van der Waals surface area contributed by atoms with Gasteiger partial charge in [-0.05, 0) is 24.3 Å². The van der Waals surface area contributed by atoms with E-state index in [1.807, 2.05) is 0 Å². The highest BCUT2D eigenvalue weighted by Gasteiger charge is 2.36. The molecule has 2 N–H and O–H groups in total. The van der Waals surface area contributed by atoms with Crippen molar-refractivity contribution in [2.75, 3.05) is 0 Å². The Balaban J connectivity index is 2.20. The van der Waals surface area contributed by atoms with Gasteiger partial charge in [0.2, 0.25) is 5.78 Å². The van der Waals surface area contributed by atoms with Gasteiger partial charge in [-0.2, -0.15) is 0 Å². The second-order valence-corrected chi connectivity index (χ2v) is 4.40. The SMILES string of the molecule is N=C(C1=C(O)c2cccnc2C(=O)C1=O)c1cccnc1. The van der Waals surface area contributed by atoms with Gasteiger partial charge in [-0.3, -0.25) is 25.0 Å². The first-order chi connectivity index (χ1) is 10.1. The molecule has 0 fully saturated rings. The number of aliphatic hydroxyl groups is 1. The number of rotatable bonds is 2. The van der Waals surface area contributed by atoms with Crippen LogP contribution in [0.5, 0.6) is 0 Å². The lowest BCUT2D eigenvalue weighted by molar-refractivity contribution is -0.111. The molecule has 2 aromatic heterocycles. The maximum Gasteiger partial charge on any atom is 0.252 e. The van der Waals surface area contributed by atoms with Crippen molar-refractivity contribution >= 4 is 23.0 Å². The molecule has 0 saturated heterocycles. The maximum atomic E-state index is 12.1. The largest absolute Gasteiger partial charge is 0.506 e. The van der Waals surface area contributed by atoms with E-state index >= 15 is 0 Å². The van der Waals surface area contributed by atoms with Gasteiger partial charge >= 0.3 is 0 Å². The van der Waals surface area contributed by atoms with Crippen LogP contribution in [0.3, 0.4) is 0 Å². The van der Waals surface area contributed by atoms with E-state index < -0.39 is 17.3 Å². The first-order valence-corrected chi connectivity index (χ1v) is 6.08. The number of fused-ring (bicyclic) bond motifs is 1. The first kappa shape index (κ1) is 12.9. The lowest BCUT2D eigenvalue weighted by Gasteiger charge is -2.17. The third kappa shape index (κ3) is 1.93. The summed E-state index contributed by atoms with van der Waals surface area (Å²) in [4.78, 5) is 31.9. The van der Waals surface area contributed by atoms with Gasteiger partial charge in [-0.15, -0.1) is 0 Å². The molecule has 2 aromatic rings. The molecule has 0 amide bonds. The third-order valence-corrected chi connectivity index (χ3v) is 3.15. The lowest BCUT2D eigenvalue weighted by atomic mass is 9.87. The van der Waals surface area contributed by atoms with E-state index in [2.05, 4.69) is 9.97 Å². The van der Waals surface area contributed by atoms with Crippen LogP contribution in [0.15, 0.2) is 48.4 Å². The zero-order chi connectivity index (χ0) is 15.0. The van der Waals surface area contributed by atoms with Gasteiger partial charge in [0.25, 0.3) is 5.78 Å². The van der Waals surface area contributed by atoms with Crippen LogP contribution in [-0.4, -0.2) is 32.4 Å². The number of nitrogens with one attached hydrogen (secondary N) is 1. The Bertz CT molecular complexity index is 810. The summed E-state index contributed by atoms with van der Waals surface area (Å²) in [6.45, 7) is 0. The first-order valence-electron chi connectivity index (χ1n) is 6.08.